The van der Waals surface area contributed by atoms with Crippen LogP contribution in [-0.4, -0.2) is 54.6 Å². The van der Waals surface area contributed by atoms with Gasteiger partial charge in [-0.2, -0.15) is 0 Å². The van der Waals surface area contributed by atoms with Crippen LogP contribution in [0.3, 0.4) is 0 Å². The van der Waals surface area contributed by atoms with Gasteiger partial charge in [-0.15, -0.1) is 0 Å². The third kappa shape index (κ3) is 8.42. The lowest BCUT2D eigenvalue weighted by molar-refractivity contribution is -0.171. The lowest BCUT2D eigenvalue weighted by Crippen LogP contribution is -2.52. The lowest BCUT2D eigenvalue weighted by atomic mass is 9.65. The number of nitrogens with one attached hydrogen (secondary N) is 1. The van der Waals surface area contributed by atoms with E-state index >= 15 is 0 Å². The number of carbonyl (C=O) groups excluding carboxylic acids is 2. The molecule has 1 aliphatic rings. The second-order valence-corrected chi connectivity index (χ2v) is 13.3. The van der Waals surface area contributed by atoms with Crippen LogP contribution in [0.4, 0.5) is 0 Å². The van der Waals surface area contributed by atoms with E-state index < -0.39 is 40.6 Å². The Morgan fingerprint density at radius 1 is 0.952 bits per heavy atom. The van der Waals surface area contributed by atoms with Crippen molar-refractivity contribution >= 4 is 23.5 Å². The fourth-order valence-corrected chi connectivity index (χ4v) is 5.32. The summed E-state index contributed by atoms with van der Waals surface area (Å²) in [6.07, 6.45) is 0.607. The Labute approximate surface area is 254 Å². The van der Waals surface area contributed by atoms with E-state index in [1.807, 2.05) is 18.2 Å². The molecule has 2 aromatic rings. The number of hydrogen-bond acceptors (Lipinski definition) is 8. The molecule has 0 fully saturated rings. The van der Waals surface area contributed by atoms with Gasteiger partial charge in [0.2, 0.25) is 0 Å². The summed E-state index contributed by atoms with van der Waals surface area (Å²) >= 11 is 6.20. The van der Waals surface area contributed by atoms with Gasteiger partial charge in [0.05, 0.1) is 31.3 Å². The molecule has 0 heterocycles. The van der Waals surface area contributed by atoms with Crippen molar-refractivity contribution in [3.8, 4) is 11.5 Å². The zero-order valence-corrected chi connectivity index (χ0v) is 26.8. The Hall–Kier alpha value is -3.23. The fraction of sp³-hybridized carbons (Fsp3) is 0.515. The number of aliphatic hydroxyl groups is 1. The summed E-state index contributed by atoms with van der Waals surface area (Å²) in [5.41, 5.74) is -0.731. The monoisotopic (exact) mass is 601 g/mol. The molecule has 9 heteroatoms. The number of hydrogen-bond donors (Lipinski definition) is 2. The largest absolute Gasteiger partial charge is 0.493 e. The fourth-order valence-electron chi connectivity index (χ4n) is 5.20. The number of methoxy groups -OCH3 is 2. The van der Waals surface area contributed by atoms with E-state index in [0.717, 1.165) is 5.56 Å². The molecule has 0 bridgehead atoms. The maximum Gasteiger partial charge on any atom is 0.336 e. The van der Waals surface area contributed by atoms with E-state index in [9.17, 15) is 14.7 Å². The van der Waals surface area contributed by atoms with Gasteiger partial charge in [-0.1, -0.05) is 29.8 Å². The number of esters is 2. The molecule has 0 radical (unpaired) electrons. The van der Waals surface area contributed by atoms with Gasteiger partial charge < -0.3 is 29.4 Å². The van der Waals surface area contributed by atoms with Gasteiger partial charge in [-0.05, 0) is 90.3 Å². The molecular weight excluding hydrogens is 558 g/mol. The molecule has 2 aromatic carbocycles. The third-order valence-corrected chi connectivity index (χ3v) is 7.13. The average Bonchev–Trinajstić information content (AvgIpc) is 2.85. The van der Waals surface area contributed by atoms with Crippen molar-refractivity contribution in [1.82, 2.24) is 5.32 Å². The molecule has 3 rings (SSSR count). The van der Waals surface area contributed by atoms with Crippen molar-refractivity contribution in [1.29, 1.82) is 0 Å². The zero-order chi connectivity index (χ0) is 31.5. The molecule has 3 atom stereocenters. The summed E-state index contributed by atoms with van der Waals surface area (Å²) in [7, 11) is 3.17. The highest BCUT2D eigenvalue weighted by atomic mass is 35.5. The minimum absolute atomic E-state index is 0.0154. The van der Waals surface area contributed by atoms with Crippen LogP contribution >= 0.6 is 11.6 Å². The molecular formula is C33H44ClNO7. The molecule has 0 unspecified atom stereocenters. The highest BCUT2D eigenvalue weighted by Crippen LogP contribution is 2.48. The Bertz CT molecular complexity index is 1300. The van der Waals surface area contributed by atoms with Crippen molar-refractivity contribution in [2.24, 2.45) is 5.92 Å². The number of benzene rings is 2. The predicted molar refractivity (Wildman–Crippen MR) is 163 cm³/mol. The number of rotatable bonds is 9. The summed E-state index contributed by atoms with van der Waals surface area (Å²) in [6.45, 7) is 12.7. The first-order valence-electron chi connectivity index (χ1n) is 14.1. The van der Waals surface area contributed by atoms with Gasteiger partial charge in [0.1, 0.15) is 11.2 Å². The molecule has 0 amide bonds. The minimum atomic E-state index is -1.55. The molecule has 0 saturated carbocycles. The molecule has 8 nitrogen and oxygen atoms in total. The summed E-state index contributed by atoms with van der Waals surface area (Å²) in [4.78, 5) is 27.6. The van der Waals surface area contributed by atoms with E-state index in [-0.39, 0.29) is 12.0 Å². The van der Waals surface area contributed by atoms with Gasteiger partial charge in [0.25, 0.3) is 0 Å². The number of ether oxygens (including phenoxy) is 4. The van der Waals surface area contributed by atoms with Crippen LogP contribution in [0.25, 0.3) is 0 Å². The molecule has 0 aromatic heterocycles. The summed E-state index contributed by atoms with van der Waals surface area (Å²) < 4.78 is 22.4. The molecule has 0 aliphatic heterocycles. The second-order valence-electron chi connectivity index (χ2n) is 12.8. The Morgan fingerprint density at radius 3 is 2.10 bits per heavy atom. The third-order valence-electron chi connectivity index (χ3n) is 6.88. The van der Waals surface area contributed by atoms with Crippen LogP contribution in [0.5, 0.6) is 11.5 Å². The van der Waals surface area contributed by atoms with Gasteiger partial charge in [0.15, 0.2) is 11.5 Å². The maximum absolute atomic E-state index is 13.9. The van der Waals surface area contributed by atoms with Crippen LogP contribution < -0.4 is 14.8 Å². The Balaban J connectivity index is 2.11. The van der Waals surface area contributed by atoms with Crippen molar-refractivity contribution in [3.05, 3.63) is 69.9 Å². The minimum Gasteiger partial charge on any atom is -0.493 e. The van der Waals surface area contributed by atoms with Gasteiger partial charge >= 0.3 is 11.9 Å². The van der Waals surface area contributed by atoms with Crippen molar-refractivity contribution in [3.63, 3.8) is 0 Å². The van der Waals surface area contributed by atoms with E-state index in [0.29, 0.717) is 40.7 Å². The first-order chi connectivity index (χ1) is 19.5. The molecule has 42 heavy (non-hydrogen) atoms. The zero-order valence-electron chi connectivity index (χ0n) is 26.1. The van der Waals surface area contributed by atoms with Gasteiger partial charge in [-0.3, -0.25) is 4.79 Å². The standard InChI is InChI=1S/C33H44ClNO7/c1-31(2,3)41-29(36)27-23(35-17-16-20-10-15-24(39-8)25(18-20)40-9)19-33(7,38)28(30(37)42-32(4,5)6)26(27)21-11-13-22(34)14-12-21/h10-15,18,26,28,35,38H,16-17,19H2,1-9H3/t26-,28+,33-/m0/s1. The van der Waals surface area contributed by atoms with E-state index in [4.69, 9.17) is 30.5 Å². The molecule has 0 saturated heterocycles. The normalized spacial score (nSPS) is 21.0. The van der Waals surface area contributed by atoms with Crippen LogP contribution in [-0.2, 0) is 25.5 Å². The average molecular weight is 602 g/mol. The van der Waals surface area contributed by atoms with Crippen LogP contribution in [0, 0.1) is 5.92 Å². The predicted octanol–water partition coefficient (Wildman–Crippen LogP) is 5.98. The SMILES string of the molecule is COc1ccc(CCNC2=C(C(=O)OC(C)(C)C)[C@H](c3ccc(Cl)cc3)[C@H](C(=O)OC(C)(C)C)[C@@](C)(O)C2)cc1OC. The van der Waals surface area contributed by atoms with Gasteiger partial charge in [-0.25, -0.2) is 4.79 Å². The van der Waals surface area contributed by atoms with Crippen LogP contribution in [0.15, 0.2) is 53.7 Å². The van der Waals surface area contributed by atoms with E-state index in [1.54, 1.807) is 87.0 Å². The summed E-state index contributed by atoms with van der Waals surface area (Å²) in [6, 6.07) is 12.6. The highest BCUT2D eigenvalue weighted by molar-refractivity contribution is 6.30. The highest BCUT2D eigenvalue weighted by Gasteiger charge is 2.53. The summed E-state index contributed by atoms with van der Waals surface area (Å²) in [5, 5.41) is 15.8. The lowest BCUT2D eigenvalue weighted by Gasteiger charge is -2.44. The number of carbonyl (C=O) groups is 2. The van der Waals surface area contributed by atoms with Crippen molar-refractivity contribution in [2.75, 3.05) is 20.8 Å². The second kappa shape index (κ2) is 13.0. The van der Waals surface area contributed by atoms with E-state index in [1.165, 1.54) is 0 Å². The quantitative estimate of drug-likeness (QED) is 0.338. The molecule has 1 aliphatic carbocycles. The van der Waals surface area contributed by atoms with Crippen LogP contribution in [0.2, 0.25) is 5.02 Å². The first kappa shape index (κ1) is 33.3. The Morgan fingerprint density at radius 2 is 1.55 bits per heavy atom. The first-order valence-corrected chi connectivity index (χ1v) is 14.5. The topological polar surface area (TPSA) is 103 Å². The smallest absolute Gasteiger partial charge is 0.336 e. The summed E-state index contributed by atoms with van der Waals surface area (Å²) in [5.74, 6) is -1.87. The maximum atomic E-state index is 13.9. The van der Waals surface area contributed by atoms with Crippen LogP contribution in [0.1, 0.15) is 71.9 Å². The molecule has 0 spiro atoms. The Kier molecular flexibility index (Phi) is 10.3. The molecule has 2 N–H and O–H groups in total. The molecule has 230 valence electrons. The number of halogens is 1. The van der Waals surface area contributed by atoms with Gasteiger partial charge in [0, 0.05) is 29.6 Å². The van der Waals surface area contributed by atoms with Crippen molar-refractivity contribution in [2.45, 2.75) is 84.0 Å². The van der Waals surface area contributed by atoms with E-state index in [2.05, 4.69) is 5.32 Å². The van der Waals surface area contributed by atoms with Crippen molar-refractivity contribution < 1.29 is 33.6 Å².